The second-order valence-electron chi connectivity index (χ2n) is 5.49. The van der Waals surface area contributed by atoms with Gasteiger partial charge in [-0.1, -0.05) is 19.3 Å². The summed E-state index contributed by atoms with van der Waals surface area (Å²) in [7, 11) is 2.16. The maximum atomic E-state index is 11.5. The summed E-state index contributed by atoms with van der Waals surface area (Å²) in [5.41, 5.74) is 0.0485. The molecular weight excluding hydrogens is 186 g/mol. The van der Waals surface area contributed by atoms with Crippen LogP contribution in [0, 0.1) is 11.3 Å². The highest BCUT2D eigenvalue weighted by atomic mass is 16.1. The van der Waals surface area contributed by atoms with Crippen LogP contribution in [0.4, 0.5) is 0 Å². The normalized spacial score (nSPS) is 28.9. The van der Waals surface area contributed by atoms with Gasteiger partial charge in [0.05, 0.1) is 0 Å². The molecule has 2 fully saturated rings. The largest absolute Gasteiger partial charge is 0.306 e. The van der Waals surface area contributed by atoms with Crippen molar-refractivity contribution in [3.8, 4) is 0 Å². The van der Waals surface area contributed by atoms with Crippen LogP contribution in [-0.2, 0) is 4.79 Å². The molecule has 0 aromatic heterocycles. The van der Waals surface area contributed by atoms with Crippen molar-refractivity contribution in [2.24, 2.45) is 11.3 Å². The molecule has 1 aliphatic carbocycles. The molecule has 0 spiro atoms. The lowest BCUT2D eigenvalue weighted by molar-refractivity contribution is -0.123. The topological polar surface area (TPSA) is 20.3 Å². The van der Waals surface area contributed by atoms with E-state index < -0.39 is 0 Å². The van der Waals surface area contributed by atoms with Crippen LogP contribution >= 0.6 is 0 Å². The number of nitrogens with zero attached hydrogens (tertiary/aromatic N) is 1. The maximum Gasteiger partial charge on any atom is 0.126 e. The van der Waals surface area contributed by atoms with Crippen molar-refractivity contribution in [1.82, 2.24) is 4.90 Å². The molecule has 2 aliphatic rings. The fraction of sp³-hybridized carbons (Fsp3) is 0.923. The van der Waals surface area contributed by atoms with Gasteiger partial charge in [-0.2, -0.15) is 0 Å². The first-order valence-corrected chi connectivity index (χ1v) is 6.42. The second-order valence-corrected chi connectivity index (χ2v) is 5.49. The van der Waals surface area contributed by atoms with Gasteiger partial charge in [0.25, 0.3) is 0 Å². The zero-order chi connectivity index (χ0) is 10.7. The summed E-state index contributed by atoms with van der Waals surface area (Å²) in [6.07, 6.45) is 10.1. The monoisotopic (exact) mass is 209 g/mol. The molecule has 0 unspecified atom stereocenters. The van der Waals surface area contributed by atoms with Crippen LogP contribution in [0.5, 0.6) is 0 Å². The molecule has 15 heavy (non-hydrogen) atoms. The number of piperidine rings is 1. The summed E-state index contributed by atoms with van der Waals surface area (Å²) in [5, 5.41) is 0. The van der Waals surface area contributed by atoms with Gasteiger partial charge in [0.15, 0.2) is 0 Å². The van der Waals surface area contributed by atoms with E-state index in [2.05, 4.69) is 11.9 Å². The van der Waals surface area contributed by atoms with Gasteiger partial charge in [0.1, 0.15) is 6.29 Å². The summed E-state index contributed by atoms with van der Waals surface area (Å²) < 4.78 is 0. The zero-order valence-corrected chi connectivity index (χ0v) is 9.87. The molecule has 0 atom stereocenters. The smallest absolute Gasteiger partial charge is 0.126 e. The summed E-state index contributed by atoms with van der Waals surface area (Å²) in [6.45, 7) is 2.21. The van der Waals surface area contributed by atoms with E-state index in [9.17, 15) is 4.79 Å². The Kier molecular flexibility index (Phi) is 3.45. The molecule has 2 nitrogen and oxygen atoms in total. The highest BCUT2D eigenvalue weighted by molar-refractivity contribution is 5.60. The number of carbonyl (C=O) groups excluding carboxylic acids is 1. The van der Waals surface area contributed by atoms with Crippen LogP contribution in [0.1, 0.15) is 44.9 Å². The molecule has 1 saturated carbocycles. The van der Waals surface area contributed by atoms with Crippen LogP contribution in [0.25, 0.3) is 0 Å². The van der Waals surface area contributed by atoms with Gasteiger partial charge in [-0.25, -0.2) is 0 Å². The van der Waals surface area contributed by atoms with Crippen LogP contribution < -0.4 is 0 Å². The molecule has 0 aromatic rings. The van der Waals surface area contributed by atoms with Crippen molar-refractivity contribution < 1.29 is 4.79 Å². The third-order valence-corrected chi connectivity index (χ3v) is 4.57. The minimum atomic E-state index is 0.0485. The minimum absolute atomic E-state index is 0.0485. The molecule has 86 valence electrons. The van der Waals surface area contributed by atoms with Gasteiger partial charge in [0.2, 0.25) is 0 Å². The predicted molar refractivity (Wildman–Crippen MR) is 61.8 cm³/mol. The van der Waals surface area contributed by atoms with Gasteiger partial charge in [-0.15, -0.1) is 0 Å². The van der Waals surface area contributed by atoms with E-state index in [4.69, 9.17) is 0 Å². The number of rotatable bonds is 2. The lowest BCUT2D eigenvalue weighted by Gasteiger charge is -2.43. The van der Waals surface area contributed by atoms with E-state index in [0.717, 1.165) is 25.9 Å². The van der Waals surface area contributed by atoms with Gasteiger partial charge in [-0.3, -0.25) is 0 Å². The fourth-order valence-corrected chi connectivity index (χ4v) is 3.33. The fourth-order valence-electron chi connectivity index (χ4n) is 3.33. The first kappa shape index (κ1) is 11.1. The quantitative estimate of drug-likeness (QED) is 0.651. The summed E-state index contributed by atoms with van der Waals surface area (Å²) >= 11 is 0. The van der Waals surface area contributed by atoms with E-state index in [-0.39, 0.29) is 5.41 Å². The Labute approximate surface area is 93.0 Å². The van der Waals surface area contributed by atoms with Crippen molar-refractivity contribution in [2.45, 2.75) is 44.9 Å². The van der Waals surface area contributed by atoms with E-state index in [1.807, 2.05) is 0 Å². The van der Waals surface area contributed by atoms with Crippen molar-refractivity contribution >= 4 is 6.29 Å². The number of carbonyl (C=O) groups is 1. The first-order chi connectivity index (χ1) is 7.27. The van der Waals surface area contributed by atoms with Crippen LogP contribution in [0.15, 0.2) is 0 Å². The number of aldehydes is 1. The van der Waals surface area contributed by atoms with Gasteiger partial charge < -0.3 is 9.69 Å². The van der Waals surface area contributed by atoms with Gasteiger partial charge >= 0.3 is 0 Å². The van der Waals surface area contributed by atoms with E-state index in [1.165, 1.54) is 38.4 Å². The van der Waals surface area contributed by atoms with Crippen LogP contribution in [0.3, 0.4) is 0 Å². The Morgan fingerprint density at radius 2 is 1.73 bits per heavy atom. The summed E-state index contributed by atoms with van der Waals surface area (Å²) in [5.74, 6) is 0.692. The average Bonchev–Trinajstić information content (AvgIpc) is 2.32. The Hall–Kier alpha value is -0.370. The highest BCUT2D eigenvalue weighted by Crippen LogP contribution is 2.43. The Bertz CT molecular complexity index is 213. The number of likely N-dealkylation sites (tertiary alicyclic amines) is 1. The molecule has 0 aromatic carbocycles. The second kappa shape index (κ2) is 4.65. The Morgan fingerprint density at radius 3 is 2.27 bits per heavy atom. The molecule has 1 aliphatic heterocycles. The summed E-state index contributed by atoms with van der Waals surface area (Å²) in [4.78, 5) is 13.8. The van der Waals surface area contributed by atoms with Crippen LogP contribution in [-0.4, -0.2) is 31.3 Å². The average molecular weight is 209 g/mol. The Balaban J connectivity index is 2.03. The SMILES string of the molecule is CN1CCC(C=O)(C2CCCCC2)CC1. The maximum absolute atomic E-state index is 11.5. The number of hydrogen-bond acceptors (Lipinski definition) is 2. The molecule has 1 saturated heterocycles. The van der Waals surface area contributed by atoms with Crippen molar-refractivity contribution in [1.29, 1.82) is 0 Å². The molecule has 0 amide bonds. The lowest BCUT2D eigenvalue weighted by Crippen LogP contribution is -2.44. The summed E-state index contributed by atoms with van der Waals surface area (Å²) in [6, 6.07) is 0. The molecule has 2 rings (SSSR count). The highest BCUT2D eigenvalue weighted by Gasteiger charge is 2.40. The molecule has 0 bridgehead atoms. The molecule has 1 heterocycles. The lowest BCUT2D eigenvalue weighted by atomic mass is 9.65. The molecule has 2 heteroatoms. The van der Waals surface area contributed by atoms with Crippen molar-refractivity contribution in [2.75, 3.05) is 20.1 Å². The molecule has 0 N–H and O–H groups in total. The minimum Gasteiger partial charge on any atom is -0.306 e. The van der Waals surface area contributed by atoms with Gasteiger partial charge in [-0.05, 0) is 51.7 Å². The van der Waals surface area contributed by atoms with E-state index in [0.29, 0.717) is 5.92 Å². The zero-order valence-electron chi connectivity index (χ0n) is 9.87. The van der Waals surface area contributed by atoms with Crippen molar-refractivity contribution in [3.05, 3.63) is 0 Å². The molecule has 0 radical (unpaired) electrons. The third kappa shape index (κ3) is 2.25. The predicted octanol–water partition coefficient (Wildman–Crippen LogP) is 2.48. The van der Waals surface area contributed by atoms with Crippen LogP contribution in [0.2, 0.25) is 0 Å². The first-order valence-electron chi connectivity index (χ1n) is 6.42. The third-order valence-electron chi connectivity index (χ3n) is 4.57. The van der Waals surface area contributed by atoms with Gasteiger partial charge in [0, 0.05) is 5.41 Å². The standard InChI is InChI=1S/C13H23NO/c1-14-9-7-13(11-15,8-10-14)12-5-3-2-4-6-12/h11-12H,2-10H2,1H3. The Morgan fingerprint density at radius 1 is 1.13 bits per heavy atom. The van der Waals surface area contributed by atoms with E-state index in [1.54, 1.807) is 0 Å². The number of hydrogen-bond donors (Lipinski definition) is 0. The molecular formula is C13H23NO. The van der Waals surface area contributed by atoms with Crippen molar-refractivity contribution in [3.63, 3.8) is 0 Å². The van der Waals surface area contributed by atoms with E-state index >= 15 is 0 Å².